The average Bonchev–Trinajstić information content (AvgIpc) is 2.62. The monoisotopic (exact) mass is 170 g/mol. The van der Waals surface area contributed by atoms with Crippen LogP contribution in [-0.2, 0) is 9.59 Å². The van der Waals surface area contributed by atoms with E-state index in [9.17, 15) is 9.59 Å². The molecule has 0 heterocycles. The predicted octanol–water partition coefficient (Wildman–Crippen LogP) is 1.32. The van der Waals surface area contributed by atoms with Gasteiger partial charge in [-0.15, -0.1) is 0 Å². The molecule has 1 N–H and O–H groups in total. The van der Waals surface area contributed by atoms with Crippen molar-refractivity contribution in [1.29, 1.82) is 0 Å². The quantitative estimate of drug-likeness (QED) is 0.647. The van der Waals surface area contributed by atoms with E-state index < -0.39 is 5.97 Å². The fourth-order valence-corrected chi connectivity index (χ4v) is 1.89. The molecular formula is C9H14O3. The lowest BCUT2D eigenvalue weighted by Gasteiger charge is -2.17. The summed E-state index contributed by atoms with van der Waals surface area (Å²) in [6.45, 7) is 3.96. The third kappa shape index (κ3) is 1.36. The van der Waals surface area contributed by atoms with Gasteiger partial charge < -0.3 is 9.90 Å². The molecule has 1 rings (SSSR count). The van der Waals surface area contributed by atoms with Gasteiger partial charge in [0.25, 0.3) is 0 Å². The van der Waals surface area contributed by atoms with Gasteiger partial charge in [-0.1, -0.05) is 13.8 Å². The van der Waals surface area contributed by atoms with Gasteiger partial charge in [0.1, 0.15) is 6.29 Å². The Morgan fingerprint density at radius 2 is 2.33 bits per heavy atom. The molecule has 1 saturated carbocycles. The number of carbonyl (C=O) groups is 2. The fraction of sp³-hybridized carbons (Fsp3) is 0.778. The number of aldehydes is 1. The van der Waals surface area contributed by atoms with Crippen molar-refractivity contribution in [1.82, 2.24) is 0 Å². The third-order valence-corrected chi connectivity index (χ3v) is 2.97. The summed E-state index contributed by atoms with van der Waals surface area (Å²) in [5, 5.41) is 8.64. The zero-order valence-electron chi connectivity index (χ0n) is 7.41. The highest BCUT2D eigenvalue weighted by atomic mass is 16.4. The molecule has 0 aliphatic heterocycles. The molecule has 68 valence electrons. The van der Waals surface area contributed by atoms with Gasteiger partial charge in [0.05, 0.1) is 6.42 Å². The Kier molecular flexibility index (Phi) is 2.22. The molecule has 2 atom stereocenters. The highest BCUT2D eigenvalue weighted by Crippen LogP contribution is 2.59. The smallest absolute Gasteiger partial charge is 0.303 e. The van der Waals surface area contributed by atoms with Crippen LogP contribution in [0.25, 0.3) is 0 Å². The summed E-state index contributed by atoms with van der Waals surface area (Å²) >= 11 is 0. The number of carboxylic acid groups (broad SMARTS) is 1. The van der Waals surface area contributed by atoms with Crippen LogP contribution in [-0.4, -0.2) is 17.4 Å². The Hall–Kier alpha value is -0.860. The van der Waals surface area contributed by atoms with E-state index in [-0.39, 0.29) is 23.7 Å². The number of carbonyl (C=O) groups excluding carboxylic acids is 1. The molecule has 0 spiro atoms. The number of hydrogen-bond acceptors (Lipinski definition) is 2. The first kappa shape index (κ1) is 9.23. The number of hydrogen-bond donors (Lipinski definition) is 1. The fourth-order valence-electron chi connectivity index (χ4n) is 1.89. The molecule has 0 aromatic rings. The Morgan fingerprint density at radius 3 is 2.58 bits per heavy atom. The molecule has 3 heteroatoms. The summed E-state index contributed by atoms with van der Waals surface area (Å²) in [6, 6.07) is 0. The van der Waals surface area contributed by atoms with Crippen LogP contribution in [0, 0.1) is 17.3 Å². The van der Waals surface area contributed by atoms with E-state index in [4.69, 9.17) is 5.11 Å². The molecule has 0 aromatic heterocycles. The highest BCUT2D eigenvalue weighted by Gasteiger charge is 2.56. The van der Waals surface area contributed by atoms with Crippen molar-refractivity contribution >= 4 is 12.3 Å². The van der Waals surface area contributed by atoms with Crippen molar-refractivity contribution in [2.24, 2.45) is 17.3 Å². The van der Waals surface area contributed by atoms with E-state index >= 15 is 0 Å². The van der Waals surface area contributed by atoms with E-state index in [0.29, 0.717) is 0 Å². The van der Waals surface area contributed by atoms with Crippen molar-refractivity contribution in [3.8, 4) is 0 Å². The molecule has 1 aliphatic rings. The minimum absolute atomic E-state index is 0.0198. The Bertz CT molecular complexity index is 210. The van der Waals surface area contributed by atoms with Crippen LogP contribution < -0.4 is 0 Å². The van der Waals surface area contributed by atoms with Crippen molar-refractivity contribution in [2.45, 2.75) is 26.7 Å². The Balaban J connectivity index is 2.65. The lowest BCUT2D eigenvalue weighted by atomic mass is 9.87. The maximum Gasteiger partial charge on any atom is 0.303 e. The van der Waals surface area contributed by atoms with Crippen LogP contribution in [0.1, 0.15) is 26.7 Å². The standard InChI is InChI=1S/C9H14O3/c1-6(2)9(4-8(11)12)3-7(9)5-10/h5-7H,3-4H2,1-2H3,(H,11,12). The summed E-state index contributed by atoms with van der Waals surface area (Å²) in [5.41, 5.74) is -0.229. The van der Waals surface area contributed by atoms with Crippen molar-refractivity contribution < 1.29 is 14.7 Å². The summed E-state index contributed by atoms with van der Waals surface area (Å²) in [6.07, 6.45) is 1.78. The van der Waals surface area contributed by atoms with Gasteiger partial charge in [0.2, 0.25) is 0 Å². The van der Waals surface area contributed by atoms with Gasteiger partial charge in [0.15, 0.2) is 0 Å². The van der Waals surface area contributed by atoms with E-state index in [2.05, 4.69) is 0 Å². The van der Waals surface area contributed by atoms with Gasteiger partial charge in [0, 0.05) is 5.92 Å². The highest BCUT2D eigenvalue weighted by molar-refractivity contribution is 5.71. The lowest BCUT2D eigenvalue weighted by molar-refractivity contribution is -0.139. The molecule has 1 fully saturated rings. The second-order valence-electron chi connectivity index (χ2n) is 3.91. The van der Waals surface area contributed by atoms with Crippen LogP contribution in [0.2, 0.25) is 0 Å². The first-order chi connectivity index (χ1) is 5.53. The summed E-state index contributed by atoms with van der Waals surface area (Å²) in [5.74, 6) is -0.537. The van der Waals surface area contributed by atoms with E-state index in [1.54, 1.807) is 0 Å². The Labute approximate surface area is 71.8 Å². The van der Waals surface area contributed by atoms with E-state index in [1.807, 2.05) is 13.8 Å². The molecule has 0 aromatic carbocycles. The minimum Gasteiger partial charge on any atom is -0.481 e. The van der Waals surface area contributed by atoms with Gasteiger partial charge in [-0.25, -0.2) is 0 Å². The molecule has 0 bridgehead atoms. The minimum atomic E-state index is -0.798. The van der Waals surface area contributed by atoms with Crippen molar-refractivity contribution in [3.63, 3.8) is 0 Å². The second-order valence-corrected chi connectivity index (χ2v) is 3.91. The van der Waals surface area contributed by atoms with E-state index in [1.165, 1.54) is 0 Å². The Morgan fingerprint density at radius 1 is 1.75 bits per heavy atom. The molecule has 3 nitrogen and oxygen atoms in total. The van der Waals surface area contributed by atoms with Crippen LogP contribution in [0.15, 0.2) is 0 Å². The molecule has 0 radical (unpaired) electrons. The first-order valence-electron chi connectivity index (χ1n) is 4.20. The van der Waals surface area contributed by atoms with Gasteiger partial charge in [-0.3, -0.25) is 4.79 Å². The predicted molar refractivity (Wildman–Crippen MR) is 43.7 cm³/mol. The van der Waals surface area contributed by atoms with Gasteiger partial charge >= 0.3 is 5.97 Å². The molecule has 2 unspecified atom stereocenters. The van der Waals surface area contributed by atoms with Gasteiger partial charge in [-0.2, -0.15) is 0 Å². The third-order valence-electron chi connectivity index (χ3n) is 2.97. The molecule has 12 heavy (non-hydrogen) atoms. The molecular weight excluding hydrogens is 156 g/mol. The van der Waals surface area contributed by atoms with Crippen molar-refractivity contribution in [2.75, 3.05) is 0 Å². The van der Waals surface area contributed by atoms with Crippen LogP contribution in [0.4, 0.5) is 0 Å². The maximum absolute atomic E-state index is 10.5. The normalized spacial score (nSPS) is 33.4. The number of aliphatic carboxylic acids is 1. The lowest BCUT2D eigenvalue weighted by Crippen LogP contribution is -2.18. The number of rotatable bonds is 4. The zero-order chi connectivity index (χ0) is 9.35. The molecule has 0 amide bonds. The summed E-state index contributed by atoms with van der Waals surface area (Å²) in [4.78, 5) is 21.0. The summed E-state index contributed by atoms with van der Waals surface area (Å²) in [7, 11) is 0. The number of carboxylic acids is 1. The summed E-state index contributed by atoms with van der Waals surface area (Å²) < 4.78 is 0. The SMILES string of the molecule is CC(C)C1(CC(=O)O)CC1C=O. The first-order valence-corrected chi connectivity index (χ1v) is 4.20. The van der Waals surface area contributed by atoms with Crippen LogP contribution in [0.3, 0.4) is 0 Å². The van der Waals surface area contributed by atoms with Crippen molar-refractivity contribution in [3.05, 3.63) is 0 Å². The second kappa shape index (κ2) is 2.88. The van der Waals surface area contributed by atoms with Crippen LogP contribution in [0.5, 0.6) is 0 Å². The zero-order valence-corrected chi connectivity index (χ0v) is 7.41. The molecule has 0 saturated heterocycles. The van der Waals surface area contributed by atoms with Crippen LogP contribution >= 0.6 is 0 Å². The average molecular weight is 170 g/mol. The topological polar surface area (TPSA) is 54.4 Å². The molecule has 1 aliphatic carbocycles. The van der Waals surface area contributed by atoms with E-state index in [0.717, 1.165) is 12.7 Å². The maximum atomic E-state index is 10.5. The largest absolute Gasteiger partial charge is 0.481 e. The van der Waals surface area contributed by atoms with Gasteiger partial charge in [-0.05, 0) is 17.8 Å².